The first-order valence-electron chi connectivity index (χ1n) is 19.9. The number of carboxylic acids is 1. The number of nitrogens with one attached hydrogen (secondary N) is 1. The number of rotatable bonds is 9. The number of nitrogens with zero attached hydrogens (tertiary/aromatic N) is 2. The number of thioether (sulfide) groups is 1. The molecule has 298 valence electrons. The van der Waals surface area contributed by atoms with Crippen molar-refractivity contribution in [2.45, 2.75) is 127 Å². The Morgan fingerprint density at radius 2 is 1.73 bits per heavy atom. The SMILES string of the molecule is C=C1C=C2CCC3C(CCC4(C)C(OC(=O)CCC(=O)Oc5ccc(-c6noc(C)c6C(=O)NC6C(=O)N7C6SC(C)(C)C7C(=O)O)cc5)CCC34)C2(C)CC1. The average molecular weight is 786 g/mol. The summed E-state index contributed by atoms with van der Waals surface area (Å²) in [5.41, 5.74) is 3.95. The van der Waals surface area contributed by atoms with Crippen LogP contribution in [-0.2, 0) is 23.9 Å². The molecule has 0 radical (unpaired) electrons. The van der Waals surface area contributed by atoms with Crippen molar-refractivity contribution in [1.29, 1.82) is 0 Å². The molecule has 2 saturated heterocycles. The molecule has 2 aromatic rings. The monoisotopic (exact) mass is 785 g/mol. The van der Waals surface area contributed by atoms with Crippen molar-refractivity contribution in [3.63, 3.8) is 0 Å². The molecule has 0 bridgehead atoms. The zero-order valence-electron chi connectivity index (χ0n) is 32.7. The van der Waals surface area contributed by atoms with E-state index >= 15 is 0 Å². The molecule has 12 nitrogen and oxygen atoms in total. The van der Waals surface area contributed by atoms with Crippen LogP contribution in [0.5, 0.6) is 5.75 Å². The summed E-state index contributed by atoms with van der Waals surface area (Å²) in [6.45, 7) is 14.2. The Morgan fingerprint density at radius 3 is 2.46 bits per heavy atom. The molecule has 9 atom stereocenters. The van der Waals surface area contributed by atoms with Crippen LogP contribution in [0.25, 0.3) is 11.3 Å². The summed E-state index contributed by atoms with van der Waals surface area (Å²) in [5, 5.41) is 16.0. The van der Waals surface area contributed by atoms with E-state index < -0.39 is 46.0 Å². The van der Waals surface area contributed by atoms with Gasteiger partial charge in [0.25, 0.3) is 5.91 Å². The molecule has 5 fully saturated rings. The van der Waals surface area contributed by atoms with E-state index in [0.717, 1.165) is 38.5 Å². The van der Waals surface area contributed by atoms with Gasteiger partial charge in [0.1, 0.15) is 46.3 Å². The Labute approximate surface area is 331 Å². The van der Waals surface area contributed by atoms with Gasteiger partial charge in [-0.3, -0.25) is 19.2 Å². The lowest BCUT2D eigenvalue weighted by atomic mass is 9.47. The van der Waals surface area contributed by atoms with E-state index in [9.17, 15) is 29.1 Å². The van der Waals surface area contributed by atoms with Crippen molar-refractivity contribution in [3.8, 4) is 17.0 Å². The number of hydrogen-bond donors (Lipinski definition) is 2. The molecule has 56 heavy (non-hydrogen) atoms. The Morgan fingerprint density at radius 1 is 1.00 bits per heavy atom. The number of esters is 2. The number of aromatic nitrogens is 1. The molecule has 2 N–H and O–H groups in total. The van der Waals surface area contributed by atoms with Gasteiger partial charge in [-0.2, -0.15) is 0 Å². The summed E-state index contributed by atoms with van der Waals surface area (Å²) in [6, 6.07) is 4.52. The molecule has 1 aromatic carbocycles. The van der Waals surface area contributed by atoms with Gasteiger partial charge in [-0.05, 0) is 120 Å². The van der Waals surface area contributed by atoms with Crippen LogP contribution in [0.4, 0.5) is 0 Å². The predicted octanol–water partition coefficient (Wildman–Crippen LogP) is 7.01. The van der Waals surface area contributed by atoms with Crippen LogP contribution in [0.2, 0.25) is 0 Å². The van der Waals surface area contributed by atoms with Gasteiger partial charge in [-0.1, -0.05) is 42.8 Å². The smallest absolute Gasteiger partial charge is 0.327 e. The first-order valence-corrected chi connectivity index (χ1v) is 20.8. The number of amides is 2. The van der Waals surface area contributed by atoms with Crippen LogP contribution in [0.15, 0.2) is 52.6 Å². The third-order valence-electron chi connectivity index (χ3n) is 14.2. The van der Waals surface area contributed by atoms with Gasteiger partial charge < -0.3 is 29.3 Å². The number of allylic oxidation sites excluding steroid dienone is 3. The Bertz CT molecular complexity index is 2040. The number of carboxylic acid groups (broad SMARTS) is 1. The number of carbonyl (C=O) groups excluding carboxylic acids is 4. The lowest BCUT2D eigenvalue weighted by molar-refractivity contribution is -0.161. The fourth-order valence-corrected chi connectivity index (χ4v) is 12.9. The maximum atomic E-state index is 13.5. The minimum atomic E-state index is -1.09. The minimum absolute atomic E-state index is 0.0501. The van der Waals surface area contributed by atoms with E-state index in [0.29, 0.717) is 23.3 Å². The van der Waals surface area contributed by atoms with Crippen LogP contribution < -0.4 is 10.1 Å². The quantitative estimate of drug-likeness (QED) is 0.153. The third-order valence-corrected chi connectivity index (χ3v) is 15.8. The Balaban J connectivity index is 0.835. The second-order valence-electron chi connectivity index (χ2n) is 17.8. The van der Waals surface area contributed by atoms with Gasteiger partial charge in [0.15, 0.2) is 0 Å². The summed E-state index contributed by atoms with van der Waals surface area (Å²) >= 11 is 1.34. The molecule has 3 heterocycles. The number of fused-ring (bicyclic) bond motifs is 6. The maximum Gasteiger partial charge on any atom is 0.327 e. The second-order valence-corrected chi connectivity index (χ2v) is 19.5. The number of carbonyl (C=O) groups is 5. The number of benzene rings is 1. The average Bonchev–Trinajstić information content (AvgIpc) is 3.78. The molecule has 0 spiro atoms. The summed E-state index contributed by atoms with van der Waals surface area (Å²) < 4.78 is 16.3. The number of aliphatic carboxylic acids is 1. The number of ether oxygens (including phenoxy) is 2. The highest BCUT2D eigenvalue weighted by atomic mass is 32.2. The van der Waals surface area contributed by atoms with Crippen molar-refractivity contribution in [2.24, 2.45) is 28.6 Å². The van der Waals surface area contributed by atoms with E-state index in [1.165, 1.54) is 35.1 Å². The van der Waals surface area contributed by atoms with Gasteiger partial charge in [0.2, 0.25) is 5.91 Å². The third kappa shape index (κ3) is 6.28. The molecule has 3 saturated carbocycles. The zero-order valence-corrected chi connectivity index (χ0v) is 33.5. The maximum absolute atomic E-state index is 13.5. The fourth-order valence-electron chi connectivity index (χ4n) is 11.3. The van der Waals surface area contributed by atoms with Crippen molar-refractivity contribution < 1.29 is 43.1 Å². The second kappa shape index (κ2) is 13.9. The minimum Gasteiger partial charge on any atom is -0.480 e. The summed E-state index contributed by atoms with van der Waals surface area (Å²) in [5.74, 6) is -0.703. The normalized spacial score (nSPS) is 33.9. The summed E-state index contributed by atoms with van der Waals surface area (Å²) in [6.07, 6.45) is 10.8. The van der Waals surface area contributed by atoms with E-state index in [2.05, 4.69) is 37.0 Å². The van der Waals surface area contributed by atoms with Crippen molar-refractivity contribution >= 4 is 41.5 Å². The van der Waals surface area contributed by atoms with Crippen LogP contribution in [0, 0.1) is 35.5 Å². The lowest BCUT2D eigenvalue weighted by Crippen LogP contribution is -2.70. The van der Waals surface area contributed by atoms with Crippen LogP contribution in [0.3, 0.4) is 0 Å². The van der Waals surface area contributed by atoms with Crippen molar-refractivity contribution in [2.75, 3.05) is 0 Å². The molecule has 4 aliphatic carbocycles. The predicted molar refractivity (Wildman–Crippen MR) is 207 cm³/mol. The topological polar surface area (TPSA) is 165 Å². The molecule has 2 aliphatic heterocycles. The van der Waals surface area contributed by atoms with Crippen molar-refractivity contribution in [3.05, 3.63) is 59.4 Å². The van der Waals surface area contributed by atoms with E-state index in [-0.39, 0.29) is 58.5 Å². The zero-order chi connectivity index (χ0) is 39.9. The lowest BCUT2D eigenvalue weighted by Gasteiger charge is -2.58. The molecule has 1 aromatic heterocycles. The Kier molecular flexibility index (Phi) is 9.56. The number of hydrogen-bond acceptors (Lipinski definition) is 10. The largest absolute Gasteiger partial charge is 0.480 e. The van der Waals surface area contributed by atoms with Crippen LogP contribution in [-0.4, -0.2) is 73.2 Å². The molecule has 13 heteroatoms. The molecule has 8 rings (SSSR count). The number of aryl methyl sites for hydroxylation is 1. The van der Waals surface area contributed by atoms with Gasteiger partial charge in [0, 0.05) is 15.7 Å². The molecular formula is C43H51N3O9S. The molecular weight excluding hydrogens is 735 g/mol. The van der Waals surface area contributed by atoms with Crippen molar-refractivity contribution in [1.82, 2.24) is 15.4 Å². The first kappa shape index (κ1) is 38.5. The standard InChI is InChI=1S/C43H51N3O9S/c1-22-17-19-42(5)25(21-22)9-12-27-28-13-14-30(43(28,6)20-18-29(27)42)54-32(48)16-15-31(47)53-26-10-7-24(8-11-26)34-33(23(2)55-45-34)37(49)44-35-38(50)46-36(40(51)52)41(3,4)56-39(35)46/h7-8,10-11,21,27-30,35-36,39H,1,9,12-20H2,2-6H3,(H,44,49)(H,51,52). The number of β-lactam (4-membered cyclic amide) rings is 1. The highest BCUT2D eigenvalue weighted by Gasteiger charge is 2.64. The van der Waals surface area contributed by atoms with Gasteiger partial charge >= 0.3 is 17.9 Å². The van der Waals surface area contributed by atoms with E-state index in [4.69, 9.17) is 14.0 Å². The van der Waals surface area contributed by atoms with Gasteiger partial charge in [0.05, 0.1) is 12.8 Å². The van der Waals surface area contributed by atoms with Gasteiger partial charge in [-0.25, -0.2) is 4.79 Å². The Hall–Kier alpha value is -4.39. The summed E-state index contributed by atoms with van der Waals surface area (Å²) in [7, 11) is 0. The summed E-state index contributed by atoms with van der Waals surface area (Å²) in [4.78, 5) is 65.6. The van der Waals surface area contributed by atoms with E-state index in [1.807, 2.05) is 0 Å². The highest BCUT2D eigenvalue weighted by Crippen LogP contribution is 2.66. The first-order chi connectivity index (χ1) is 26.5. The van der Waals surface area contributed by atoms with Crippen LogP contribution in [0.1, 0.15) is 108 Å². The molecule has 9 unspecified atom stereocenters. The molecule has 2 amide bonds. The highest BCUT2D eigenvalue weighted by molar-refractivity contribution is 8.01. The molecule has 6 aliphatic rings. The van der Waals surface area contributed by atoms with Crippen LogP contribution >= 0.6 is 11.8 Å². The fraction of sp³-hybridized carbons (Fsp3) is 0.581. The van der Waals surface area contributed by atoms with Gasteiger partial charge in [-0.15, -0.1) is 11.8 Å². The van der Waals surface area contributed by atoms with E-state index in [1.54, 1.807) is 50.6 Å².